The fourth-order valence-corrected chi connectivity index (χ4v) is 5.41. The molecule has 1 aromatic carbocycles. The van der Waals surface area contributed by atoms with E-state index in [2.05, 4.69) is 20.4 Å². The van der Waals surface area contributed by atoms with Crippen LogP contribution in [0.2, 0.25) is 0 Å². The van der Waals surface area contributed by atoms with Crippen LogP contribution in [-0.4, -0.2) is 51.0 Å². The first-order chi connectivity index (χ1) is 17.6. The summed E-state index contributed by atoms with van der Waals surface area (Å²) in [5.74, 6) is 0.734. The molecule has 1 N–H and O–H groups in total. The largest absolute Gasteiger partial charge is 0.356 e. The van der Waals surface area contributed by atoms with Crippen LogP contribution in [0.5, 0.6) is 0 Å². The van der Waals surface area contributed by atoms with Gasteiger partial charge in [-0.1, -0.05) is 48.3 Å². The minimum atomic E-state index is -0.320. The summed E-state index contributed by atoms with van der Waals surface area (Å²) in [6, 6.07) is 13.5. The predicted molar refractivity (Wildman–Crippen MR) is 134 cm³/mol. The summed E-state index contributed by atoms with van der Waals surface area (Å²) in [6.07, 6.45) is 7.37. The number of hydrogen-bond acceptors (Lipinski definition) is 6. The Bertz CT molecular complexity index is 1180. The standard InChI is InChI=1S/C28H33N5O3/c1-19-11-12-21(18-30-19)28(35)33-14-8-3-2-7-13-29-26(34)23-16-22(17-24(23)33)27-31-25(32-36-27)15-20-9-5-4-6-10-20/h4-6,9-12,18,22-24H,2-3,7-8,13-17H2,1H3,(H,29,34)/t22-,23-,24+/m1/s1. The molecule has 0 radical (unpaired) electrons. The predicted octanol–water partition coefficient (Wildman–Crippen LogP) is 4.06. The van der Waals surface area contributed by atoms with E-state index in [4.69, 9.17) is 4.52 Å². The van der Waals surface area contributed by atoms with Gasteiger partial charge in [0.05, 0.1) is 11.5 Å². The van der Waals surface area contributed by atoms with Crippen LogP contribution in [0.25, 0.3) is 0 Å². The van der Waals surface area contributed by atoms with Gasteiger partial charge in [0, 0.05) is 43.4 Å². The Balaban J connectivity index is 1.40. The Labute approximate surface area is 211 Å². The van der Waals surface area contributed by atoms with E-state index in [1.54, 1.807) is 6.20 Å². The third-order valence-electron chi connectivity index (χ3n) is 7.35. The Hall–Kier alpha value is -3.55. The molecule has 2 amide bonds. The van der Waals surface area contributed by atoms with Gasteiger partial charge in [0.25, 0.3) is 5.91 Å². The number of carbonyl (C=O) groups is 2. The van der Waals surface area contributed by atoms with Crippen LogP contribution in [0.3, 0.4) is 0 Å². The zero-order valence-corrected chi connectivity index (χ0v) is 20.7. The lowest BCUT2D eigenvalue weighted by Crippen LogP contribution is -2.47. The highest BCUT2D eigenvalue weighted by molar-refractivity contribution is 5.94. The van der Waals surface area contributed by atoms with Gasteiger partial charge in [0.15, 0.2) is 5.82 Å². The molecule has 0 bridgehead atoms. The molecule has 1 saturated carbocycles. The summed E-state index contributed by atoms with van der Waals surface area (Å²) in [7, 11) is 0. The number of rotatable bonds is 4. The quantitative estimate of drug-likeness (QED) is 0.596. The summed E-state index contributed by atoms with van der Waals surface area (Å²) in [5, 5.41) is 7.32. The van der Waals surface area contributed by atoms with Crippen molar-refractivity contribution in [3.8, 4) is 0 Å². The van der Waals surface area contributed by atoms with Crippen molar-refractivity contribution in [2.45, 2.75) is 63.8 Å². The number of fused-ring (bicyclic) bond motifs is 1. The fraction of sp³-hybridized carbons (Fsp3) is 0.464. The topological polar surface area (TPSA) is 101 Å². The van der Waals surface area contributed by atoms with Crippen LogP contribution in [0.1, 0.15) is 77.8 Å². The van der Waals surface area contributed by atoms with Gasteiger partial charge in [0.1, 0.15) is 0 Å². The molecule has 188 valence electrons. The van der Waals surface area contributed by atoms with Crippen molar-refractivity contribution < 1.29 is 14.1 Å². The van der Waals surface area contributed by atoms with Crippen molar-refractivity contribution in [2.75, 3.05) is 13.1 Å². The third-order valence-corrected chi connectivity index (χ3v) is 7.35. The maximum absolute atomic E-state index is 13.7. The first-order valence-corrected chi connectivity index (χ1v) is 13.0. The molecule has 1 aliphatic heterocycles. The lowest BCUT2D eigenvalue weighted by molar-refractivity contribution is -0.126. The van der Waals surface area contributed by atoms with E-state index in [0.29, 0.717) is 49.6 Å². The number of nitrogens with zero attached hydrogens (tertiary/aromatic N) is 4. The van der Waals surface area contributed by atoms with Gasteiger partial charge in [-0.3, -0.25) is 14.6 Å². The maximum Gasteiger partial charge on any atom is 0.255 e. The summed E-state index contributed by atoms with van der Waals surface area (Å²) in [5.41, 5.74) is 2.54. The molecule has 8 nitrogen and oxygen atoms in total. The van der Waals surface area contributed by atoms with Crippen molar-refractivity contribution in [1.82, 2.24) is 25.3 Å². The lowest BCUT2D eigenvalue weighted by Gasteiger charge is -2.32. The SMILES string of the molecule is Cc1ccc(C(=O)N2CCCCCCNC(=O)[C@@H]3C[C@@H](c4nc(Cc5ccccc5)no4)C[C@@H]32)cn1. The molecule has 3 heterocycles. The second-order valence-corrected chi connectivity index (χ2v) is 9.95. The molecular formula is C28H33N5O3. The minimum Gasteiger partial charge on any atom is -0.356 e. The Morgan fingerprint density at radius 1 is 1.08 bits per heavy atom. The number of benzene rings is 1. The van der Waals surface area contributed by atoms with Crippen molar-refractivity contribution in [3.63, 3.8) is 0 Å². The molecule has 5 rings (SSSR count). The number of carbonyl (C=O) groups excluding carboxylic acids is 2. The highest BCUT2D eigenvalue weighted by atomic mass is 16.5. The molecule has 8 heteroatoms. The molecule has 0 unspecified atom stereocenters. The van der Waals surface area contributed by atoms with Gasteiger partial charge in [-0.05, 0) is 50.3 Å². The van der Waals surface area contributed by atoms with Crippen molar-refractivity contribution in [3.05, 3.63) is 77.2 Å². The molecule has 36 heavy (non-hydrogen) atoms. The van der Waals surface area contributed by atoms with Crippen LogP contribution in [0.4, 0.5) is 0 Å². The summed E-state index contributed by atoms with van der Waals surface area (Å²) < 4.78 is 5.68. The molecule has 2 fully saturated rings. The molecule has 1 saturated heterocycles. The third kappa shape index (κ3) is 5.48. The van der Waals surface area contributed by atoms with E-state index in [-0.39, 0.29) is 29.7 Å². The van der Waals surface area contributed by atoms with Gasteiger partial charge in [0.2, 0.25) is 11.8 Å². The molecule has 1 aliphatic carbocycles. The summed E-state index contributed by atoms with van der Waals surface area (Å²) >= 11 is 0. The number of nitrogens with one attached hydrogen (secondary N) is 1. The van der Waals surface area contributed by atoms with Crippen LogP contribution < -0.4 is 5.32 Å². The van der Waals surface area contributed by atoms with Crippen LogP contribution >= 0.6 is 0 Å². The maximum atomic E-state index is 13.7. The number of aromatic nitrogens is 3. The second-order valence-electron chi connectivity index (χ2n) is 9.95. The second kappa shape index (κ2) is 11.0. The molecule has 3 atom stereocenters. The van der Waals surface area contributed by atoms with Gasteiger partial charge in [-0.25, -0.2) is 0 Å². The summed E-state index contributed by atoms with van der Waals surface area (Å²) in [6.45, 7) is 3.20. The van der Waals surface area contributed by atoms with Crippen molar-refractivity contribution in [2.24, 2.45) is 5.92 Å². The highest BCUT2D eigenvalue weighted by Gasteiger charge is 2.45. The first-order valence-electron chi connectivity index (χ1n) is 13.0. The van der Waals surface area contributed by atoms with Gasteiger partial charge in [-0.15, -0.1) is 0 Å². The zero-order chi connectivity index (χ0) is 24.9. The monoisotopic (exact) mass is 487 g/mol. The minimum absolute atomic E-state index is 0.00764. The number of hydrogen-bond donors (Lipinski definition) is 1. The fourth-order valence-electron chi connectivity index (χ4n) is 5.41. The van der Waals surface area contributed by atoms with Crippen molar-refractivity contribution >= 4 is 11.8 Å². The van der Waals surface area contributed by atoms with E-state index in [1.165, 1.54) is 0 Å². The van der Waals surface area contributed by atoms with E-state index in [0.717, 1.165) is 36.9 Å². The van der Waals surface area contributed by atoms with Gasteiger partial charge < -0.3 is 14.7 Å². The van der Waals surface area contributed by atoms with Crippen LogP contribution in [0, 0.1) is 12.8 Å². The number of pyridine rings is 1. The highest BCUT2D eigenvalue weighted by Crippen LogP contribution is 2.41. The Kier molecular flexibility index (Phi) is 7.39. The van der Waals surface area contributed by atoms with Crippen molar-refractivity contribution in [1.29, 1.82) is 0 Å². The average molecular weight is 488 g/mol. The average Bonchev–Trinajstić information content (AvgIpc) is 3.53. The lowest BCUT2D eigenvalue weighted by atomic mass is 9.99. The Morgan fingerprint density at radius 2 is 1.92 bits per heavy atom. The molecular weight excluding hydrogens is 454 g/mol. The smallest absolute Gasteiger partial charge is 0.255 e. The number of aryl methyl sites for hydroxylation is 1. The normalized spacial score (nSPS) is 23.0. The molecule has 2 aliphatic rings. The van der Waals surface area contributed by atoms with E-state index in [1.807, 2.05) is 54.3 Å². The van der Waals surface area contributed by atoms with Crippen LogP contribution in [-0.2, 0) is 11.2 Å². The van der Waals surface area contributed by atoms with E-state index in [9.17, 15) is 9.59 Å². The van der Waals surface area contributed by atoms with E-state index >= 15 is 0 Å². The van der Waals surface area contributed by atoms with Gasteiger partial charge in [-0.2, -0.15) is 4.98 Å². The molecule has 0 spiro atoms. The van der Waals surface area contributed by atoms with Crippen LogP contribution in [0.15, 0.2) is 53.2 Å². The molecule has 2 aromatic heterocycles. The zero-order valence-electron chi connectivity index (χ0n) is 20.7. The molecule has 3 aromatic rings. The van der Waals surface area contributed by atoms with Gasteiger partial charge >= 0.3 is 0 Å². The van der Waals surface area contributed by atoms with E-state index < -0.39 is 0 Å². The Morgan fingerprint density at radius 3 is 2.72 bits per heavy atom. The summed E-state index contributed by atoms with van der Waals surface area (Å²) in [4.78, 5) is 37.8. The first kappa shape index (κ1) is 24.2. The number of amides is 2.